The van der Waals surface area contributed by atoms with Gasteiger partial charge in [-0.2, -0.15) is 8.78 Å². The fraction of sp³-hybridized carbons (Fsp3) is 0.641. The van der Waals surface area contributed by atoms with Gasteiger partial charge in [0.15, 0.2) is 0 Å². The van der Waals surface area contributed by atoms with Crippen LogP contribution in [-0.2, 0) is 10.8 Å². The van der Waals surface area contributed by atoms with Gasteiger partial charge in [-0.15, -0.1) is 0 Å². The van der Waals surface area contributed by atoms with Crippen LogP contribution >= 0.6 is 0 Å². The van der Waals surface area contributed by atoms with Gasteiger partial charge in [0.05, 0.1) is 11.7 Å². The molecule has 0 aromatic heterocycles. The predicted octanol–water partition coefficient (Wildman–Crippen LogP) is 12.8. The molecule has 0 heterocycles. The van der Waals surface area contributed by atoms with E-state index in [4.69, 9.17) is 4.74 Å². The van der Waals surface area contributed by atoms with Crippen LogP contribution in [0.1, 0.15) is 164 Å². The molecule has 0 spiro atoms. The second-order valence-electron chi connectivity index (χ2n) is 13.4. The van der Waals surface area contributed by atoms with Crippen LogP contribution in [0, 0.1) is 11.8 Å². The zero-order valence-electron chi connectivity index (χ0n) is 26.6. The lowest BCUT2D eigenvalue weighted by Crippen LogP contribution is -2.21. The van der Waals surface area contributed by atoms with E-state index in [1.54, 1.807) is 19.1 Å². The molecule has 0 aliphatic heterocycles. The van der Waals surface area contributed by atoms with Crippen LogP contribution in [0.5, 0.6) is 0 Å². The summed E-state index contributed by atoms with van der Waals surface area (Å²) in [5.74, 6) is 2.77. The minimum Gasteiger partial charge on any atom is -0.309 e. The number of unbranched alkanes of at least 4 members (excludes halogenated alkanes) is 4. The van der Waals surface area contributed by atoms with Crippen LogP contribution in [0.15, 0.2) is 60.7 Å². The van der Waals surface area contributed by atoms with Crippen molar-refractivity contribution in [1.29, 1.82) is 0 Å². The molecule has 0 bridgehead atoms. The number of hydrogen-bond donors (Lipinski definition) is 0. The first-order valence-electron chi connectivity index (χ1n) is 17.3. The molecule has 0 amide bonds. The van der Waals surface area contributed by atoms with Crippen molar-refractivity contribution in [2.75, 3.05) is 0 Å². The van der Waals surface area contributed by atoms with E-state index >= 15 is 8.78 Å². The third-order valence-electron chi connectivity index (χ3n) is 10.3. The van der Waals surface area contributed by atoms with Crippen LogP contribution in [0.25, 0.3) is 0 Å². The zero-order valence-corrected chi connectivity index (χ0v) is 26.6. The average Bonchev–Trinajstić information content (AvgIpc) is 3.02. The first-order valence-corrected chi connectivity index (χ1v) is 17.3. The topological polar surface area (TPSA) is 9.23 Å². The van der Waals surface area contributed by atoms with Crippen molar-refractivity contribution in [3.63, 3.8) is 0 Å². The Balaban J connectivity index is 1.23. The summed E-state index contributed by atoms with van der Waals surface area (Å²) in [4.78, 5) is 0. The van der Waals surface area contributed by atoms with Crippen LogP contribution in [0.3, 0.4) is 0 Å². The van der Waals surface area contributed by atoms with E-state index in [-0.39, 0.29) is 5.56 Å². The molecule has 4 rings (SSSR count). The highest BCUT2D eigenvalue weighted by Crippen LogP contribution is 2.41. The SMILES string of the molecule is C/C=C/CCC1CCC(c2ccc(C(F)(F)OC(C)c3ccc(C4CCC(CCCCCCC)CC4)cc3)cc2)CC1. The summed E-state index contributed by atoms with van der Waals surface area (Å²) in [6.45, 7) is 6.09. The van der Waals surface area contributed by atoms with Crippen molar-refractivity contribution in [2.24, 2.45) is 11.8 Å². The van der Waals surface area contributed by atoms with Crippen molar-refractivity contribution in [2.45, 2.75) is 148 Å². The van der Waals surface area contributed by atoms with E-state index in [0.29, 0.717) is 11.8 Å². The molecule has 2 fully saturated rings. The summed E-state index contributed by atoms with van der Waals surface area (Å²) in [6, 6.07) is 15.2. The molecule has 2 aliphatic carbocycles. The fourth-order valence-corrected chi connectivity index (χ4v) is 7.45. The summed E-state index contributed by atoms with van der Waals surface area (Å²) in [5, 5.41) is 0. The van der Waals surface area contributed by atoms with Gasteiger partial charge in [-0.05, 0) is 118 Å². The molecule has 2 saturated carbocycles. The van der Waals surface area contributed by atoms with Crippen LogP contribution < -0.4 is 0 Å². The maximum Gasteiger partial charge on any atom is 0.383 e. The van der Waals surface area contributed by atoms with E-state index in [0.717, 1.165) is 30.2 Å². The Morgan fingerprint density at radius 1 is 0.738 bits per heavy atom. The van der Waals surface area contributed by atoms with Gasteiger partial charge in [-0.25, -0.2) is 0 Å². The van der Waals surface area contributed by atoms with Gasteiger partial charge < -0.3 is 4.74 Å². The molecule has 2 aliphatic rings. The number of ether oxygens (including phenoxy) is 1. The number of allylic oxidation sites excluding steroid dienone is 2. The summed E-state index contributed by atoms with van der Waals surface area (Å²) >= 11 is 0. The Hall–Kier alpha value is -2.00. The predicted molar refractivity (Wildman–Crippen MR) is 173 cm³/mol. The van der Waals surface area contributed by atoms with Crippen LogP contribution in [0.2, 0.25) is 0 Å². The highest BCUT2D eigenvalue weighted by atomic mass is 19.3. The van der Waals surface area contributed by atoms with Crippen molar-refractivity contribution in [1.82, 2.24) is 0 Å². The minimum atomic E-state index is -3.32. The largest absolute Gasteiger partial charge is 0.383 e. The molecular weight excluding hydrogens is 522 g/mol. The van der Waals surface area contributed by atoms with Gasteiger partial charge in [0.2, 0.25) is 0 Å². The molecule has 3 heteroatoms. The number of rotatable bonds is 15. The third kappa shape index (κ3) is 9.76. The number of hydrogen-bond acceptors (Lipinski definition) is 1. The van der Waals surface area contributed by atoms with Crippen LogP contribution in [-0.4, -0.2) is 0 Å². The van der Waals surface area contributed by atoms with Crippen LogP contribution in [0.4, 0.5) is 8.78 Å². The summed E-state index contributed by atoms with van der Waals surface area (Å²) in [6.07, 6.45) is 21.0. The van der Waals surface area contributed by atoms with E-state index in [9.17, 15) is 0 Å². The zero-order chi connectivity index (χ0) is 29.8. The third-order valence-corrected chi connectivity index (χ3v) is 10.3. The highest BCUT2D eigenvalue weighted by molar-refractivity contribution is 5.29. The molecule has 1 nitrogen and oxygen atoms in total. The Morgan fingerprint density at radius 3 is 1.81 bits per heavy atom. The van der Waals surface area contributed by atoms with E-state index in [2.05, 4.69) is 38.1 Å². The molecule has 2 aromatic carbocycles. The van der Waals surface area contributed by atoms with Crippen molar-refractivity contribution >= 4 is 0 Å². The summed E-state index contributed by atoms with van der Waals surface area (Å²) < 4.78 is 35.8. The second-order valence-corrected chi connectivity index (χ2v) is 13.4. The highest BCUT2D eigenvalue weighted by Gasteiger charge is 2.36. The molecular formula is C39H56F2O. The number of alkyl halides is 2. The lowest BCUT2D eigenvalue weighted by molar-refractivity contribution is -0.272. The molecule has 232 valence electrons. The summed E-state index contributed by atoms with van der Waals surface area (Å²) in [5.41, 5.74) is 3.28. The Bertz CT molecular complexity index is 1040. The fourth-order valence-electron chi connectivity index (χ4n) is 7.45. The molecule has 0 saturated heterocycles. The van der Waals surface area contributed by atoms with Gasteiger partial charge in [0.1, 0.15) is 0 Å². The van der Waals surface area contributed by atoms with Crippen molar-refractivity contribution in [3.8, 4) is 0 Å². The van der Waals surface area contributed by atoms with E-state index < -0.39 is 12.2 Å². The Kier molecular flexibility index (Phi) is 13.1. The lowest BCUT2D eigenvalue weighted by atomic mass is 9.77. The quantitative estimate of drug-likeness (QED) is 0.151. The standard InChI is InChI=1S/C39H56F2O/c1-4-6-8-9-11-13-32-16-18-34(19-17-32)36-24-22-33(23-25-36)30(3)42-39(40,41)38-28-26-37(27-29-38)35-20-14-31(15-21-35)12-10-7-5-2/h5,7,22-32,34-35H,4,6,8-21H2,1-3H3/b7-5+. The monoisotopic (exact) mass is 578 g/mol. The second kappa shape index (κ2) is 16.7. The Morgan fingerprint density at radius 2 is 1.26 bits per heavy atom. The molecule has 1 atom stereocenters. The smallest absolute Gasteiger partial charge is 0.309 e. The van der Waals surface area contributed by atoms with Crippen molar-refractivity contribution in [3.05, 3.63) is 82.9 Å². The number of benzene rings is 2. The van der Waals surface area contributed by atoms with Gasteiger partial charge in [0, 0.05) is 0 Å². The number of halogens is 2. The minimum absolute atomic E-state index is 0.0584. The normalized spacial score (nSPS) is 24.2. The van der Waals surface area contributed by atoms with E-state index in [1.165, 1.54) is 101 Å². The van der Waals surface area contributed by atoms with Gasteiger partial charge >= 0.3 is 6.11 Å². The molecule has 0 radical (unpaired) electrons. The van der Waals surface area contributed by atoms with Gasteiger partial charge in [-0.1, -0.05) is 106 Å². The van der Waals surface area contributed by atoms with Gasteiger partial charge in [-0.3, -0.25) is 0 Å². The molecule has 42 heavy (non-hydrogen) atoms. The van der Waals surface area contributed by atoms with Gasteiger partial charge in [0.25, 0.3) is 0 Å². The maximum absolute atomic E-state index is 15.2. The maximum atomic E-state index is 15.2. The first kappa shape index (κ1) is 32.9. The van der Waals surface area contributed by atoms with E-state index in [1.807, 2.05) is 24.3 Å². The molecule has 0 N–H and O–H groups in total. The average molecular weight is 579 g/mol. The Labute approximate surface area is 255 Å². The van der Waals surface area contributed by atoms with Crippen molar-refractivity contribution < 1.29 is 13.5 Å². The molecule has 2 aromatic rings. The first-order chi connectivity index (χ1) is 20.4. The lowest BCUT2D eigenvalue weighted by Gasteiger charge is -2.29. The summed E-state index contributed by atoms with van der Waals surface area (Å²) in [7, 11) is 0. The molecule has 1 unspecified atom stereocenters.